The van der Waals surface area contributed by atoms with Gasteiger partial charge in [0.25, 0.3) is 0 Å². The standard InChI is InChI=1S/C13H23N5/c1-17-6-2-3-12(10-17)14-7-11-8-15-13-4-5-16-18(13)9-11/h4-5,11-12,14-15H,2-3,6-10H2,1H3. The topological polar surface area (TPSA) is 45.1 Å². The average Bonchev–Trinajstić information content (AvgIpc) is 2.84. The van der Waals surface area contributed by atoms with Gasteiger partial charge in [-0.25, -0.2) is 4.68 Å². The molecule has 1 fully saturated rings. The third-order valence-electron chi connectivity index (χ3n) is 4.04. The first kappa shape index (κ1) is 12.0. The zero-order chi connectivity index (χ0) is 12.4. The molecular formula is C13H23N5. The van der Waals surface area contributed by atoms with Gasteiger partial charge in [-0.3, -0.25) is 0 Å². The maximum atomic E-state index is 4.33. The van der Waals surface area contributed by atoms with Gasteiger partial charge in [-0.15, -0.1) is 0 Å². The van der Waals surface area contributed by atoms with Gasteiger partial charge >= 0.3 is 0 Å². The van der Waals surface area contributed by atoms with Crippen LogP contribution in [0.25, 0.3) is 0 Å². The van der Waals surface area contributed by atoms with E-state index >= 15 is 0 Å². The summed E-state index contributed by atoms with van der Waals surface area (Å²) in [5.74, 6) is 1.80. The fourth-order valence-electron chi connectivity index (χ4n) is 2.99. The molecule has 5 heteroatoms. The highest BCUT2D eigenvalue weighted by Gasteiger charge is 2.21. The minimum Gasteiger partial charge on any atom is -0.370 e. The molecule has 0 bridgehead atoms. The fourth-order valence-corrected chi connectivity index (χ4v) is 2.99. The third kappa shape index (κ3) is 2.67. The van der Waals surface area contributed by atoms with E-state index < -0.39 is 0 Å². The minimum atomic E-state index is 0.643. The maximum Gasteiger partial charge on any atom is 0.124 e. The van der Waals surface area contributed by atoms with Crippen LogP contribution in [0.5, 0.6) is 0 Å². The molecule has 0 saturated carbocycles. The summed E-state index contributed by atoms with van der Waals surface area (Å²) in [4.78, 5) is 2.42. The lowest BCUT2D eigenvalue weighted by atomic mass is 10.0. The number of anilines is 1. The highest BCUT2D eigenvalue weighted by Crippen LogP contribution is 2.16. The molecule has 0 amide bonds. The van der Waals surface area contributed by atoms with Gasteiger partial charge < -0.3 is 15.5 Å². The van der Waals surface area contributed by atoms with E-state index in [0.29, 0.717) is 12.0 Å². The van der Waals surface area contributed by atoms with Crippen LogP contribution in [0.1, 0.15) is 12.8 Å². The molecule has 2 unspecified atom stereocenters. The molecule has 2 aliphatic rings. The van der Waals surface area contributed by atoms with Gasteiger partial charge in [0.2, 0.25) is 0 Å². The van der Waals surface area contributed by atoms with Gasteiger partial charge in [0, 0.05) is 44.2 Å². The summed E-state index contributed by atoms with van der Waals surface area (Å²) < 4.78 is 2.07. The molecule has 1 aromatic heterocycles. The molecule has 0 aliphatic carbocycles. The Morgan fingerprint density at radius 3 is 3.33 bits per heavy atom. The highest BCUT2D eigenvalue weighted by atomic mass is 15.3. The summed E-state index contributed by atoms with van der Waals surface area (Å²) >= 11 is 0. The number of nitrogens with zero attached hydrogens (tertiary/aromatic N) is 3. The van der Waals surface area contributed by atoms with Crippen LogP contribution < -0.4 is 10.6 Å². The molecular weight excluding hydrogens is 226 g/mol. The molecule has 1 saturated heterocycles. The second kappa shape index (κ2) is 5.28. The molecule has 2 aliphatic heterocycles. The van der Waals surface area contributed by atoms with Crippen LogP contribution >= 0.6 is 0 Å². The van der Waals surface area contributed by atoms with Gasteiger partial charge in [0.15, 0.2) is 0 Å². The van der Waals surface area contributed by atoms with Crippen molar-refractivity contribution in [2.45, 2.75) is 25.4 Å². The van der Waals surface area contributed by atoms with Crippen molar-refractivity contribution in [1.29, 1.82) is 0 Å². The van der Waals surface area contributed by atoms with Crippen LogP contribution in [-0.4, -0.2) is 53.9 Å². The molecule has 3 heterocycles. The number of likely N-dealkylation sites (tertiary alicyclic amines) is 1. The fraction of sp³-hybridized carbons (Fsp3) is 0.769. The van der Waals surface area contributed by atoms with Gasteiger partial charge in [-0.1, -0.05) is 0 Å². The van der Waals surface area contributed by atoms with Crippen molar-refractivity contribution in [2.75, 3.05) is 38.5 Å². The number of hydrogen-bond donors (Lipinski definition) is 2. The van der Waals surface area contributed by atoms with E-state index in [1.165, 1.54) is 25.9 Å². The van der Waals surface area contributed by atoms with Crippen molar-refractivity contribution in [3.8, 4) is 0 Å². The minimum absolute atomic E-state index is 0.643. The number of nitrogens with one attached hydrogen (secondary N) is 2. The Kier molecular flexibility index (Phi) is 3.52. The molecule has 100 valence electrons. The number of piperidine rings is 1. The number of rotatable bonds is 3. The number of likely N-dealkylation sites (N-methyl/N-ethyl adjacent to an activating group) is 1. The van der Waals surface area contributed by atoms with Crippen molar-refractivity contribution in [3.63, 3.8) is 0 Å². The molecule has 1 aromatic rings. The first-order valence-electron chi connectivity index (χ1n) is 6.99. The Bertz CT molecular complexity index is 388. The lowest BCUT2D eigenvalue weighted by Gasteiger charge is -2.32. The van der Waals surface area contributed by atoms with Crippen LogP contribution in [0.4, 0.5) is 5.82 Å². The van der Waals surface area contributed by atoms with E-state index in [1.807, 2.05) is 12.3 Å². The zero-order valence-corrected chi connectivity index (χ0v) is 11.1. The first-order chi connectivity index (χ1) is 8.81. The van der Waals surface area contributed by atoms with Gasteiger partial charge in [0.05, 0.1) is 6.20 Å². The van der Waals surface area contributed by atoms with Crippen molar-refractivity contribution in [3.05, 3.63) is 12.3 Å². The molecule has 18 heavy (non-hydrogen) atoms. The SMILES string of the molecule is CN1CCCC(NCC2CNc3ccnn3C2)C1. The van der Waals surface area contributed by atoms with Crippen molar-refractivity contribution >= 4 is 5.82 Å². The zero-order valence-electron chi connectivity index (χ0n) is 11.1. The van der Waals surface area contributed by atoms with Crippen LogP contribution in [0.3, 0.4) is 0 Å². The van der Waals surface area contributed by atoms with E-state index in [1.54, 1.807) is 0 Å². The largest absolute Gasteiger partial charge is 0.370 e. The van der Waals surface area contributed by atoms with E-state index in [9.17, 15) is 0 Å². The summed E-state index contributed by atoms with van der Waals surface area (Å²) in [7, 11) is 2.21. The Hall–Kier alpha value is -1.07. The molecule has 2 N–H and O–H groups in total. The second-order valence-electron chi connectivity index (χ2n) is 5.66. The predicted octanol–water partition coefficient (Wildman–Crippen LogP) is 0.609. The normalized spacial score (nSPS) is 28.7. The number of fused-ring (bicyclic) bond motifs is 1. The van der Waals surface area contributed by atoms with Crippen LogP contribution in [-0.2, 0) is 6.54 Å². The molecule has 0 spiro atoms. The summed E-state index contributed by atoms with van der Waals surface area (Å²) in [6.45, 7) is 5.62. The van der Waals surface area contributed by atoms with E-state index in [0.717, 1.165) is 25.5 Å². The molecule has 0 radical (unpaired) electrons. The van der Waals surface area contributed by atoms with E-state index in [4.69, 9.17) is 0 Å². The first-order valence-corrected chi connectivity index (χ1v) is 6.99. The Labute approximate surface area is 109 Å². The quantitative estimate of drug-likeness (QED) is 0.824. The third-order valence-corrected chi connectivity index (χ3v) is 4.04. The Balaban J connectivity index is 1.47. The second-order valence-corrected chi connectivity index (χ2v) is 5.66. The summed E-state index contributed by atoms with van der Waals surface area (Å²) in [5.41, 5.74) is 0. The smallest absolute Gasteiger partial charge is 0.124 e. The van der Waals surface area contributed by atoms with Gasteiger partial charge in [-0.05, 0) is 26.4 Å². The van der Waals surface area contributed by atoms with Crippen LogP contribution in [0, 0.1) is 5.92 Å². The number of aromatic nitrogens is 2. The molecule has 2 atom stereocenters. The van der Waals surface area contributed by atoms with E-state index in [2.05, 4.69) is 32.4 Å². The summed E-state index contributed by atoms with van der Waals surface area (Å²) in [6.07, 6.45) is 4.51. The maximum absolute atomic E-state index is 4.33. The van der Waals surface area contributed by atoms with Crippen molar-refractivity contribution in [2.24, 2.45) is 5.92 Å². The van der Waals surface area contributed by atoms with E-state index in [-0.39, 0.29) is 0 Å². The molecule has 5 nitrogen and oxygen atoms in total. The van der Waals surface area contributed by atoms with Crippen molar-refractivity contribution < 1.29 is 0 Å². The van der Waals surface area contributed by atoms with Gasteiger partial charge in [0.1, 0.15) is 5.82 Å². The lowest BCUT2D eigenvalue weighted by molar-refractivity contribution is 0.219. The molecule has 3 rings (SSSR count). The summed E-state index contributed by atoms with van der Waals surface area (Å²) in [6, 6.07) is 2.71. The monoisotopic (exact) mass is 249 g/mol. The molecule has 0 aromatic carbocycles. The highest BCUT2D eigenvalue weighted by molar-refractivity contribution is 5.35. The Morgan fingerprint density at radius 2 is 2.44 bits per heavy atom. The summed E-state index contributed by atoms with van der Waals surface area (Å²) in [5, 5.41) is 11.5. The van der Waals surface area contributed by atoms with Gasteiger partial charge in [-0.2, -0.15) is 5.10 Å². The Morgan fingerprint density at radius 1 is 1.50 bits per heavy atom. The van der Waals surface area contributed by atoms with Crippen molar-refractivity contribution in [1.82, 2.24) is 20.0 Å². The predicted molar refractivity (Wildman–Crippen MR) is 72.7 cm³/mol. The average molecular weight is 249 g/mol. The lowest BCUT2D eigenvalue weighted by Crippen LogP contribution is -2.47. The number of hydrogen-bond acceptors (Lipinski definition) is 4. The van der Waals surface area contributed by atoms with Crippen LogP contribution in [0.15, 0.2) is 12.3 Å². The van der Waals surface area contributed by atoms with Crippen LogP contribution in [0.2, 0.25) is 0 Å².